The van der Waals surface area contributed by atoms with Crippen molar-refractivity contribution in [1.82, 2.24) is 4.98 Å². The van der Waals surface area contributed by atoms with E-state index in [-0.39, 0.29) is 6.42 Å². The van der Waals surface area contributed by atoms with Crippen molar-refractivity contribution in [1.29, 1.82) is 0 Å². The molecule has 0 radical (unpaired) electrons. The lowest BCUT2D eigenvalue weighted by Gasteiger charge is -2.13. The van der Waals surface area contributed by atoms with Gasteiger partial charge in [0, 0.05) is 29.6 Å². The molecule has 0 bridgehead atoms. The maximum Gasteiger partial charge on any atom is 0.340 e. The molecule has 0 aliphatic heterocycles. The van der Waals surface area contributed by atoms with Crippen LogP contribution in [0.5, 0.6) is 0 Å². The van der Waals surface area contributed by atoms with Gasteiger partial charge in [-0.1, -0.05) is 18.2 Å². The summed E-state index contributed by atoms with van der Waals surface area (Å²) in [6, 6.07) is 10.7. The Morgan fingerprint density at radius 1 is 1.17 bits per heavy atom. The van der Waals surface area contributed by atoms with E-state index in [1.807, 2.05) is 24.3 Å². The second-order valence-corrected chi connectivity index (χ2v) is 5.45. The summed E-state index contributed by atoms with van der Waals surface area (Å²) >= 11 is 0. The van der Waals surface area contributed by atoms with Gasteiger partial charge in [-0.25, -0.2) is 13.6 Å². The summed E-state index contributed by atoms with van der Waals surface area (Å²) in [6.45, 7) is 1.69. The lowest BCUT2D eigenvalue weighted by molar-refractivity contribution is 0.0345. The van der Waals surface area contributed by atoms with Gasteiger partial charge in [0.1, 0.15) is 17.7 Å². The first-order valence-corrected chi connectivity index (χ1v) is 7.25. The van der Waals surface area contributed by atoms with E-state index in [0.717, 1.165) is 17.0 Å². The van der Waals surface area contributed by atoms with Crippen molar-refractivity contribution in [3.05, 3.63) is 71.4 Å². The SMILES string of the molecule is CC(Cc1cc(F)cc(F)c1)OC(=O)c1c[nH]c2ccccc12. The highest BCUT2D eigenvalue weighted by Crippen LogP contribution is 2.20. The fraction of sp³-hybridized carbons (Fsp3) is 0.167. The average Bonchev–Trinajstić information content (AvgIpc) is 2.89. The number of nitrogens with one attached hydrogen (secondary N) is 1. The molecule has 1 aromatic heterocycles. The number of rotatable bonds is 4. The molecule has 0 fully saturated rings. The molecular weight excluding hydrogens is 300 g/mol. The topological polar surface area (TPSA) is 42.1 Å². The van der Waals surface area contributed by atoms with E-state index in [1.165, 1.54) is 12.1 Å². The molecule has 0 amide bonds. The Bertz CT molecular complexity index is 837. The van der Waals surface area contributed by atoms with Crippen LogP contribution in [0.1, 0.15) is 22.8 Å². The number of benzene rings is 2. The Morgan fingerprint density at radius 2 is 1.87 bits per heavy atom. The Hall–Kier alpha value is -2.69. The molecule has 0 saturated heterocycles. The van der Waals surface area contributed by atoms with Gasteiger partial charge < -0.3 is 9.72 Å². The zero-order valence-corrected chi connectivity index (χ0v) is 12.5. The number of aromatic nitrogens is 1. The molecule has 0 spiro atoms. The summed E-state index contributed by atoms with van der Waals surface area (Å²) in [5, 5.41) is 0.779. The summed E-state index contributed by atoms with van der Waals surface area (Å²) in [5.74, 6) is -1.75. The third-order valence-electron chi connectivity index (χ3n) is 3.56. The van der Waals surface area contributed by atoms with Gasteiger partial charge in [0.15, 0.2) is 0 Å². The number of H-pyrrole nitrogens is 1. The van der Waals surface area contributed by atoms with Gasteiger partial charge in [0.2, 0.25) is 0 Å². The van der Waals surface area contributed by atoms with E-state index in [4.69, 9.17) is 4.74 Å². The van der Waals surface area contributed by atoms with E-state index < -0.39 is 23.7 Å². The largest absolute Gasteiger partial charge is 0.459 e. The number of halogens is 2. The number of fused-ring (bicyclic) bond motifs is 1. The van der Waals surface area contributed by atoms with Crippen LogP contribution in [-0.2, 0) is 11.2 Å². The molecule has 1 unspecified atom stereocenters. The molecule has 0 aliphatic carbocycles. The first-order valence-electron chi connectivity index (χ1n) is 7.25. The Balaban J connectivity index is 1.72. The number of hydrogen-bond donors (Lipinski definition) is 1. The average molecular weight is 315 g/mol. The molecule has 2 aromatic carbocycles. The molecule has 5 heteroatoms. The summed E-state index contributed by atoms with van der Waals surface area (Å²) in [4.78, 5) is 15.3. The lowest BCUT2D eigenvalue weighted by atomic mass is 10.1. The zero-order valence-electron chi connectivity index (χ0n) is 12.5. The number of esters is 1. The summed E-state index contributed by atoms with van der Waals surface area (Å²) < 4.78 is 31.8. The van der Waals surface area contributed by atoms with E-state index in [1.54, 1.807) is 13.1 Å². The number of ether oxygens (including phenoxy) is 1. The van der Waals surface area contributed by atoms with Crippen LogP contribution >= 0.6 is 0 Å². The molecule has 3 aromatic rings. The minimum atomic E-state index is -0.643. The van der Waals surface area contributed by atoms with Crippen LogP contribution in [0.15, 0.2) is 48.7 Å². The van der Waals surface area contributed by atoms with Gasteiger partial charge >= 0.3 is 5.97 Å². The fourth-order valence-corrected chi connectivity index (χ4v) is 2.59. The molecule has 3 nitrogen and oxygen atoms in total. The van der Waals surface area contributed by atoms with Crippen LogP contribution in [0.2, 0.25) is 0 Å². The smallest absolute Gasteiger partial charge is 0.340 e. The van der Waals surface area contributed by atoms with Crippen molar-refractivity contribution < 1.29 is 18.3 Å². The summed E-state index contributed by atoms with van der Waals surface area (Å²) in [5.41, 5.74) is 1.74. The fourth-order valence-electron chi connectivity index (χ4n) is 2.59. The van der Waals surface area contributed by atoms with E-state index in [9.17, 15) is 13.6 Å². The number of carbonyl (C=O) groups is 1. The molecular formula is C18H15F2NO2. The van der Waals surface area contributed by atoms with Crippen LogP contribution in [0, 0.1) is 11.6 Å². The van der Waals surface area contributed by atoms with Gasteiger partial charge in [-0.15, -0.1) is 0 Å². The van der Waals surface area contributed by atoms with Crippen LogP contribution in [-0.4, -0.2) is 17.1 Å². The van der Waals surface area contributed by atoms with Gasteiger partial charge in [0.25, 0.3) is 0 Å². The molecule has 23 heavy (non-hydrogen) atoms. The van der Waals surface area contributed by atoms with Gasteiger partial charge in [0.05, 0.1) is 5.56 Å². The third kappa shape index (κ3) is 3.39. The Labute approximate surface area is 131 Å². The zero-order chi connectivity index (χ0) is 16.4. The standard InChI is InChI=1S/C18H15F2NO2/c1-11(6-12-7-13(19)9-14(20)8-12)23-18(22)16-10-21-17-5-3-2-4-15(16)17/h2-5,7-11,21H,6H2,1H3. The second kappa shape index (κ2) is 6.20. The van der Waals surface area contributed by atoms with Crippen molar-refractivity contribution in [3.8, 4) is 0 Å². The second-order valence-electron chi connectivity index (χ2n) is 5.45. The van der Waals surface area contributed by atoms with E-state index >= 15 is 0 Å². The lowest BCUT2D eigenvalue weighted by Crippen LogP contribution is -2.17. The van der Waals surface area contributed by atoms with Crippen molar-refractivity contribution in [2.45, 2.75) is 19.4 Å². The van der Waals surface area contributed by atoms with Gasteiger partial charge in [-0.3, -0.25) is 0 Å². The maximum absolute atomic E-state index is 13.2. The maximum atomic E-state index is 13.2. The molecule has 1 heterocycles. The minimum Gasteiger partial charge on any atom is -0.459 e. The molecule has 1 atom stereocenters. The van der Waals surface area contributed by atoms with Crippen LogP contribution in [0.25, 0.3) is 10.9 Å². The number of hydrogen-bond acceptors (Lipinski definition) is 2. The van der Waals surface area contributed by atoms with Crippen LogP contribution in [0.3, 0.4) is 0 Å². The first kappa shape index (κ1) is 15.2. The number of carbonyl (C=O) groups excluding carboxylic acids is 1. The molecule has 0 saturated carbocycles. The van der Waals surface area contributed by atoms with Crippen molar-refractivity contribution in [2.75, 3.05) is 0 Å². The predicted molar refractivity (Wildman–Crippen MR) is 83.2 cm³/mol. The summed E-state index contributed by atoms with van der Waals surface area (Å²) in [7, 11) is 0. The quantitative estimate of drug-likeness (QED) is 0.732. The Morgan fingerprint density at radius 3 is 2.61 bits per heavy atom. The first-order chi connectivity index (χ1) is 11.0. The normalized spacial score (nSPS) is 12.3. The molecule has 1 N–H and O–H groups in total. The molecule has 118 valence electrons. The van der Waals surface area contributed by atoms with Crippen molar-refractivity contribution in [3.63, 3.8) is 0 Å². The van der Waals surface area contributed by atoms with E-state index in [0.29, 0.717) is 11.1 Å². The number of aromatic amines is 1. The van der Waals surface area contributed by atoms with E-state index in [2.05, 4.69) is 4.98 Å². The highest BCUT2D eigenvalue weighted by atomic mass is 19.1. The molecule has 0 aliphatic rings. The third-order valence-corrected chi connectivity index (χ3v) is 3.56. The van der Waals surface area contributed by atoms with Crippen molar-refractivity contribution in [2.24, 2.45) is 0 Å². The predicted octanol–water partition coefficient (Wildman–Crippen LogP) is 4.23. The Kier molecular flexibility index (Phi) is 4.10. The van der Waals surface area contributed by atoms with Crippen molar-refractivity contribution >= 4 is 16.9 Å². The molecule has 3 rings (SSSR count). The monoisotopic (exact) mass is 315 g/mol. The van der Waals surface area contributed by atoms with Gasteiger partial charge in [-0.2, -0.15) is 0 Å². The van der Waals surface area contributed by atoms with Gasteiger partial charge in [-0.05, 0) is 30.7 Å². The minimum absolute atomic E-state index is 0.239. The highest BCUT2D eigenvalue weighted by molar-refractivity contribution is 6.04. The van der Waals surface area contributed by atoms with Crippen LogP contribution in [0.4, 0.5) is 8.78 Å². The van der Waals surface area contributed by atoms with Crippen LogP contribution < -0.4 is 0 Å². The summed E-state index contributed by atoms with van der Waals surface area (Å²) in [6.07, 6.45) is 1.34. The number of para-hydroxylation sites is 1. The highest BCUT2D eigenvalue weighted by Gasteiger charge is 2.17.